The summed E-state index contributed by atoms with van der Waals surface area (Å²) in [5, 5.41) is 0. The summed E-state index contributed by atoms with van der Waals surface area (Å²) >= 11 is 0. The molecule has 0 aromatic carbocycles. The smallest absolute Gasteiger partial charge is 0.211 e. The van der Waals surface area contributed by atoms with Gasteiger partial charge < -0.3 is 5.73 Å². The summed E-state index contributed by atoms with van der Waals surface area (Å²) in [6.45, 7) is 4.02. The molecule has 2 fully saturated rings. The maximum atomic E-state index is 11.7. The zero-order chi connectivity index (χ0) is 14.6. The highest BCUT2D eigenvalue weighted by Crippen LogP contribution is 2.26. The summed E-state index contributed by atoms with van der Waals surface area (Å²) in [4.78, 5) is 2.52. The van der Waals surface area contributed by atoms with Gasteiger partial charge in [-0.3, -0.25) is 4.90 Å². The molecule has 6 heteroatoms. The van der Waals surface area contributed by atoms with Crippen molar-refractivity contribution in [1.29, 1.82) is 0 Å². The SMILES string of the molecule is CS(=O)(=O)N1CCCC(CN(CCN)C2CCCC2)C1. The van der Waals surface area contributed by atoms with Gasteiger partial charge in [-0.2, -0.15) is 0 Å². The molecular formula is C14H29N3O2S. The van der Waals surface area contributed by atoms with Crippen molar-refractivity contribution < 1.29 is 8.42 Å². The molecule has 5 nitrogen and oxygen atoms in total. The van der Waals surface area contributed by atoms with E-state index in [9.17, 15) is 8.42 Å². The number of nitrogens with zero attached hydrogens (tertiary/aromatic N) is 2. The van der Waals surface area contributed by atoms with Gasteiger partial charge in [0, 0.05) is 38.8 Å². The molecule has 2 N–H and O–H groups in total. The highest BCUT2D eigenvalue weighted by Gasteiger charge is 2.29. The van der Waals surface area contributed by atoms with Crippen LogP contribution in [0.5, 0.6) is 0 Å². The van der Waals surface area contributed by atoms with Crippen molar-refractivity contribution in [3.8, 4) is 0 Å². The van der Waals surface area contributed by atoms with Gasteiger partial charge in [-0.05, 0) is 31.6 Å². The molecule has 1 unspecified atom stereocenters. The Bertz CT molecular complexity index is 393. The Morgan fingerprint density at radius 3 is 2.50 bits per heavy atom. The zero-order valence-corrected chi connectivity index (χ0v) is 13.4. The number of nitrogens with two attached hydrogens (primary N) is 1. The van der Waals surface area contributed by atoms with Crippen molar-refractivity contribution in [2.75, 3.05) is 39.0 Å². The van der Waals surface area contributed by atoms with E-state index in [0.717, 1.165) is 25.9 Å². The Hall–Kier alpha value is -0.170. The van der Waals surface area contributed by atoms with Crippen LogP contribution in [-0.4, -0.2) is 62.6 Å². The number of sulfonamides is 1. The quantitative estimate of drug-likeness (QED) is 0.790. The molecule has 2 rings (SSSR count). The Balaban J connectivity index is 1.92. The van der Waals surface area contributed by atoms with Crippen LogP contribution in [0, 0.1) is 5.92 Å². The predicted octanol–water partition coefficient (Wildman–Crippen LogP) is 0.861. The number of hydrogen-bond acceptors (Lipinski definition) is 4. The molecule has 2 aliphatic rings. The summed E-state index contributed by atoms with van der Waals surface area (Å²) < 4.78 is 25.0. The van der Waals surface area contributed by atoms with E-state index in [4.69, 9.17) is 5.73 Å². The molecule has 1 atom stereocenters. The summed E-state index contributed by atoms with van der Waals surface area (Å²) in [6, 6.07) is 0.673. The molecule has 1 heterocycles. The van der Waals surface area contributed by atoms with E-state index in [1.165, 1.54) is 31.9 Å². The molecule has 0 spiro atoms. The first kappa shape index (κ1) is 16.2. The molecule has 1 saturated carbocycles. The molecule has 1 aliphatic heterocycles. The third-order valence-corrected chi connectivity index (χ3v) is 5.97. The van der Waals surface area contributed by atoms with Gasteiger partial charge in [0.25, 0.3) is 0 Å². The standard InChI is InChI=1S/C14H29N3O2S/c1-20(18,19)17-9-4-5-13(12-17)11-16(10-8-15)14-6-2-3-7-14/h13-14H,2-12,15H2,1H3. The second kappa shape index (κ2) is 7.20. The maximum absolute atomic E-state index is 11.7. The van der Waals surface area contributed by atoms with Crippen LogP contribution in [0.3, 0.4) is 0 Å². The largest absolute Gasteiger partial charge is 0.329 e. The summed E-state index contributed by atoms with van der Waals surface area (Å²) in [6.07, 6.45) is 8.66. The molecule has 1 saturated heterocycles. The Morgan fingerprint density at radius 1 is 1.20 bits per heavy atom. The van der Waals surface area contributed by atoms with E-state index in [0.29, 0.717) is 31.6 Å². The molecule has 0 aromatic rings. The van der Waals surface area contributed by atoms with Crippen molar-refractivity contribution in [1.82, 2.24) is 9.21 Å². The highest BCUT2D eigenvalue weighted by molar-refractivity contribution is 7.88. The monoisotopic (exact) mass is 303 g/mol. The third-order valence-electron chi connectivity index (χ3n) is 4.70. The molecule has 1 aliphatic carbocycles. The highest BCUT2D eigenvalue weighted by atomic mass is 32.2. The summed E-state index contributed by atoms with van der Waals surface area (Å²) in [5.41, 5.74) is 5.75. The molecule has 20 heavy (non-hydrogen) atoms. The molecule has 0 amide bonds. The zero-order valence-electron chi connectivity index (χ0n) is 12.6. The topological polar surface area (TPSA) is 66.6 Å². The van der Waals surface area contributed by atoms with Crippen LogP contribution >= 0.6 is 0 Å². The fraction of sp³-hybridized carbons (Fsp3) is 1.00. The number of rotatable bonds is 6. The number of hydrogen-bond donors (Lipinski definition) is 1. The Labute approximate surface area is 123 Å². The van der Waals surface area contributed by atoms with Gasteiger partial charge in [-0.15, -0.1) is 0 Å². The van der Waals surface area contributed by atoms with Crippen LogP contribution in [0.2, 0.25) is 0 Å². The first-order valence-corrected chi connectivity index (χ1v) is 9.75. The summed E-state index contributed by atoms with van der Waals surface area (Å²) in [7, 11) is -3.04. The minimum Gasteiger partial charge on any atom is -0.329 e. The van der Waals surface area contributed by atoms with Crippen molar-refractivity contribution in [3.63, 3.8) is 0 Å². The van der Waals surface area contributed by atoms with E-state index in [-0.39, 0.29) is 0 Å². The van der Waals surface area contributed by atoms with Gasteiger partial charge in [0.1, 0.15) is 0 Å². The van der Waals surface area contributed by atoms with Crippen LogP contribution in [0.4, 0.5) is 0 Å². The fourth-order valence-electron chi connectivity index (χ4n) is 3.67. The minimum atomic E-state index is -3.04. The molecule has 0 radical (unpaired) electrons. The Kier molecular flexibility index (Phi) is 5.84. The lowest BCUT2D eigenvalue weighted by atomic mass is 9.98. The van der Waals surface area contributed by atoms with E-state index in [1.807, 2.05) is 0 Å². The molecule has 0 aromatic heterocycles. The van der Waals surface area contributed by atoms with Crippen LogP contribution in [-0.2, 0) is 10.0 Å². The molecule has 0 bridgehead atoms. The number of piperidine rings is 1. The van der Waals surface area contributed by atoms with E-state index in [2.05, 4.69) is 4.90 Å². The first-order chi connectivity index (χ1) is 9.50. The lowest BCUT2D eigenvalue weighted by molar-refractivity contribution is 0.141. The van der Waals surface area contributed by atoms with Crippen LogP contribution in [0.15, 0.2) is 0 Å². The van der Waals surface area contributed by atoms with Gasteiger partial charge in [0.2, 0.25) is 10.0 Å². The van der Waals surface area contributed by atoms with Crippen molar-refractivity contribution in [2.24, 2.45) is 11.7 Å². The average Bonchev–Trinajstić information content (AvgIpc) is 2.91. The lowest BCUT2D eigenvalue weighted by Crippen LogP contribution is -2.46. The van der Waals surface area contributed by atoms with Gasteiger partial charge >= 0.3 is 0 Å². The second-order valence-electron chi connectivity index (χ2n) is 6.35. The van der Waals surface area contributed by atoms with E-state index < -0.39 is 10.0 Å². The van der Waals surface area contributed by atoms with Gasteiger partial charge in [-0.1, -0.05) is 12.8 Å². The summed E-state index contributed by atoms with van der Waals surface area (Å²) in [5.74, 6) is 0.464. The molecule has 118 valence electrons. The van der Waals surface area contributed by atoms with Crippen molar-refractivity contribution in [2.45, 2.75) is 44.6 Å². The van der Waals surface area contributed by atoms with Gasteiger partial charge in [-0.25, -0.2) is 12.7 Å². The van der Waals surface area contributed by atoms with Crippen LogP contribution in [0.1, 0.15) is 38.5 Å². The normalized spacial score (nSPS) is 26.4. The minimum absolute atomic E-state index is 0.464. The maximum Gasteiger partial charge on any atom is 0.211 e. The fourth-order valence-corrected chi connectivity index (χ4v) is 4.61. The third kappa shape index (κ3) is 4.41. The van der Waals surface area contributed by atoms with E-state index >= 15 is 0 Å². The van der Waals surface area contributed by atoms with Crippen molar-refractivity contribution >= 4 is 10.0 Å². The lowest BCUT2D eigenvalue weighted by Gasteiger charge is -2.36. The van der Waals surface area contributed by atoms with Gasteiger partial charge in [0.05, 0.1) is 6.26 Å². The predicted molar refractivity (Wildman–Crippen MR) is 82.0 cm³/mol. The van der Waals surface area contributed by atoms with Crippen molar-refractivity contribution in [3.05, 3.63) is 0 Å². The van der Waals surface area contributed by atoms with Crippen LogP contribution in [0.25, 0.3) is 0 Å². The average molecular weight is 303 g/mol. The van der Waals surface area contributed by atoms with E-state index in [1.54, 1.807) is 4.31 Å². The molecular weight excluding hydrogens is 274 g/mol. The second-order valence-corrected chi connectivity index (χ2v) is 8.33. The van der Waals surface area contributed by atoms with Crippen LogP contribution < -0.4 is 5.73 Å². The van der Waals surface area contributed by atoms with Gasteiger partial charge in [0.15, 0.2) is 0 Å². The Morgan fingerprint density at radius 2 is 1.90 bits per heavy atom. The first-order valence-electron chi connectivity index (χ1n) is 7.90.